The minimum Gasteiger partial charge on any atom is -0.495 e. The van der Waals surface area contributed by atoms with Crippen molar-refractivity contribution in [3.05, 3.63) is 100 Å². The van der Waals surface area contributed by atoms with Gasteiger partial charge in [0.05, 0.1) is 30.6 Å². The van der Waals surface area contributed by atoms with E-state index in [0.717, 1.165) is 35.2 Å². The molecule has 5 nitrogen and oxygen atoms in total. The summed E-state index contributed by atoms with van der Waals surface area (Å²) in [6.07, 6.45) is 2.06. The quantitative estimate of drug-likeness (QED) is 0.150. The molecule has 0 fully saturated rings. The molecular weight excluding hydrogens is 549 g/mol. The van der Waals surface area contributed by atoms with E-state index < -0.39 is 17.0 Å². The van der Waals surface area contributed by atoms with E-state index in [-0.39, 0.29) is 36.1 Å². The van der Waals surface area contributed by atoms with Crippen LogP contribution in [-0.4, -0.2) is 35.0 Å². The summed E-state index contributed by atoms with van der Waals surface area (Å²) in [6, 6.07) is 13.7. The Morgan fingerprint density at radius 2 is 1.72 bits per heavy atom. The number of hydrogen-bond donors (Lipinski definition) is 1. The smallest absolute Gasteiger partial charge is 0.173 e. The number of aliphatic hydroxyl groups excluding tert-OH is 1. The molecule has 0 amide bonds. The van der Waals surface area contributed by atoms with Gasteiger partial charge in [-0.2, -0.15) is 0 Å². The molecule has 206 valence electrons. The van der Waals surface area contributed by atoms with Crippen LogP contribution in [0.15, 0.2) is 66.0 Å². The first-order valence-corrected chi connectivity index (χ1v) is 13.5. The second kappa shape index (κ2) is 12.4. The van der Waals surface area contributed by atoms with Crippen LogP contribution in [0.5, 0.6) is 11.5 Å². The second-order valence-corrected chi connectivity index (χ2v) is 10.6. The summed E-state index contributed by atoms with van der Waals surface area (Å²) in [5.74, 6) is -1.32. The molecule has 0 aliphatic rings. The summed E-state index contributed by atoms with van der Waals surface area (Å²) in [6.45, 7) is 4.09. The van der Waals surface area contributed by atoms with E-state index in [1.54, 1.807) is 31.5 Å². The van der Waals surface area contributed by atoms with Gasteiger partial charge in [-0.15, -0.1) is 0 Å². The molecule has 10 heteroatoms. The maximum atomic E-state index is 14.8. The van der Waals surface area contributed by atoms with Crippen LogP contribution < -0.4 is 9.47 Å². The number of ether oxygens (including phenoxy) is 2. The number of methoxy groups -OCH3 is 1. The van der Waals surface area contributed by atoms with Crippen molar-refractivity contribution < 1.29 is 27.8 Å². The third kappa shape index (κ3) is 6.37. The van der Waals surface area contributed by atoms with Gasteiger partial charge in [0.25, 0.3) is 0 Å². The molecule has 0 bridgehead atoms. The van der Waals surface area contributed by atoms with Crippen LogP contribution >= 0.6 is 23.4 Å². The van der Waals surface area contributed by atoms with Crippen LogP contribution in [0.2, 0.25) is 5.02 Å². The Labute approximate surface area is 234 Å². The van der Waals surface area contributed by atoms with Crippen molar-refractivity contribution in [2.45, 2.75) is 36.6 Å². The molecule has 1 heterocycles. The maximum absolute atomic E-state index is 14.8. The Bertz CT molecular complexity index is 1420. The lowest BCUT2D eigenvalue weighted by Crippen LogP contribution is -2.23. The summed E-state index contributed by atoms with van der Waals surface area (Å²) < 4.78 is 56.0. The minimum atomic E-state index is -0.741. The molecule has 0 unspecified atom stereocenters. The number of nitrogens with zero attached hydrogens (tertiary/aromatic N) is 2. The molecule has 0 radical (unpaired) electrons. The van der Waals surface area contributed by atoms with Gasteiger partial charge in [0.1, 0.15) is 29.0 Å². The molecule has 0 aliphatic carbocycles. The van der Waals surface area contributed by atoms with Crippen LogP contribution in [0.4, 0.5) is 13.2 Å². The summed E-state index contributed by atoms with van der Waals surface area (Å²) in [4.78, 5) is 4.59. The average molecular weight is 577 g/mol. The standard InChI is InChI=1S/C29H28ClF3N2O3S/c1-29(2,18-5-10-23(30)26(13-18)37-3)27-16-34-28(35(27)20-8-6-19(31)7-9-20)39-17-22-24(32)14-21(15-25(22)33)38-12-4-11-36/h5-10,13-16,36H,4,11-12,17H2,1-3H3. The lowest BCUT2D eigenvalue weighted by atomic mass is 9.81. The Morgan fingerprint density at radius 1 is 1.03 bits per heavy atom. The highest BCUT2D eigenvalue weighted by atomic mass is 35.5. The Morgan fingerprint density at radius 3 is 2.36 bits per heavy atom. The van der Waals surface area contributed by atoms with Gasteiger partial charge in [0.15, 0.2) is 5.16 Å². The number of aromatic nitrogens is 2. The number of rotatable bonds is 11. The third-order valence-corrected chi connectivity index (χ3v) is 7.65. The largest absolute Gasteiger partial charge is 0.495 e. The molecule has 0 aliphatic heterocycles. The predicted octanol–water partition coefficient (Wildman–Crippen LogP) is 7.33. The molecule has 1 N–H and O–H groups in total. The van der Waals surface area contributed by atoms with Crippen molar-refractivity contribution in [1.29, 1.82) is 0 Å². The lowest BCUT2D eigenvalue weighted by molar-refractivity contribution is 0.232. The zero-order valence-corrected chi connectivity index (χ0v) is 23.3. The average Bonchev–Trinajstić information content (AvgIpc) is 3.34. The van der Waals surface area contributed by atoms with Gasteiger partial charge in [0, 0.05) is 47.6 Å². The molecule has 0 atom stereocenters. The first kappa shape index (κ1) is 28.9. The number of aliphatic hydroxyl groups is 1. The molecule has 0 saturated heterocycles. The fraction of sp³-hybridized carbons (Fsp3) is 0.276. The highest BCUT2D eigenvalue weighted by molar-refractivity contribution is 7.98. The van der Waals surface area contributed by atoms with Gasteiger partial charge < -0.3 is 14.6 Å². The van der Waals surface area contributed by atoms with Gasteiger partial charge in [-0.1, -0.05) is 43.3 Å². The minimum absolute atomic E-state index is 0.0402. The summed E-state index contributed by atoms with van der Waals surface area (Å²) in [5.41, 5.74) is 1.59. The Balaban J connectivity index is 1.70. The van der Waals surface area contributed by atoms with Gasteiger partial charge in [-0.05, 0) is 42.0 Å². The molecule has 0 saturated carbocycles. The molecule has 0 spiro atoms. The van der Waals surface area contributed by atoms with Gasteiger partial charge in [-0.3, -0.25) is 4.57 Å². The van der Waals surface area contributed by atoms with Crippen molar-refractivity contribution in [3.8, 4) is 17.2 Å². The lowest BCUT2D eigenvalue weighted by Gasteiger charge is -2.28. The molecule has 39 heavy (non-hydrogen) atoms. The van der Waals surface area contributed by atoms with Crippen molar-refractivity contribution in [2.24, 2.45) is 0 Å². The highest BCUT2D eigenvalue weighted by Gasteiger charge is 2.30. The van der Waals surface area contributed by atoms with E-state index in [0.29, 0.717) is 28.0 Å². The van der Waals surface area contributed by atoms with E-state index in [9.17, 15) is 13.2 Å². The second-order valence-electron chi connectivity index (χ2n) is 9.29. The van der Waals surface area contributed by atoms with E-state index in [1.807, 2.05) is 30.5 Å². The molecular formula is C29H28ClF3N2O3S. The fourth-order valence-electron chi connectivity index (χ4n) is 4.11. The zero-order chi connectivity index (χ0) is 28.2. The van der Waals surface area contributed by atoms with E-state index in [2.05, 4.69) is 4.98 Å². The topological polar surface area (TPSA) is 56.5 Å². The van der Waals surface area contributed by atoms with E-state index in [1.165, 1.54) is 12.1 Å². The van der Waals surface area contributed by atoms with E-state index >= 15 is 0 Å². The zero-order valence-electron chi connectivity index (χ0n) is 21.7. The maximum Gasteiger partial charge on any atom is 0.173 e. The predicted molar refractivity (Wildman–Crippen MR) is 147 cm³/mol. The summed E-state index contributed by atoms with van der Waals surface area (Å²) in [5, 5.41) is 9.84. The van der Waals surface area contributed by atoms with Crippen LogP contribution in [0, 0.1) is 17.5 Å². The monoisotopic (exact) mass is 576 g/mol. The first-order valence-electron chi connectivity index (χ1n) is 12.2. The Kier molecular flexibility index (Phi) is 9.15. The number of hydrogen-bond acceptors (Lipinski definition) is 5. The van der Waals surface area contributed by atoms with Crippen molar-refractivity contribution in [1.82, 2.24) is 9.55 Å². The normalized spacial score (nSPS) is 11.6. The van der Waals surface area contributed by atoms with Crippen LogP contribution in [0.1, 0.15) is 37.1 Å². The molecule has 3 aromatic carbocycles. The van der Waals surface area contributed by atoms with Gasteiger partial charge in [0.2, 0.25) is 0 Å². The van der Waals surface area contributed by atoms with Crippen LogP contribution in [0.3, 0.4) is 0 Å². The van der Waals surface area contributed by atoms with Crippen LogP contribution in [0.25, 0.3) is 5.69 Å². The molecule has 1 aromatic heterocycles. The first-order chi connectivity index (χ1) is 18.6. The fourth-order valence-corrected chi connectivity index (χ4v) is 5.31. The number of imidazole rings is 1. The van der Waals surface area contributed by atoms with Crippen molar-refractivity contribution in [2.75, 3.05) is 20.3 Å². The van der Waals surface area contributed by atoms with Crippen molar-refractivity contribution in [3.63, 3.8) is 0 Å². The van der Waals surface area contributed by atoms with Gasteiger partial charge in [-0.25, -0.2) is 18.2 Å². The Hall–Kier alpha value is -3.14. The van der Waals surface area contributed by atoms with Crippen molar-refractivity contribution >= 4 is 23.4 Å². The van der Waals surface area contributed by atoms with E-state index in [4.69, 9.17) is 26.2 Å². The highest BCUT2D eigenvalue weighted by Crippen LogP contribution is 2.39. The number of thioether (sulfide) groups is 1. The van der Waals surface area contributed by atoms with Crippen LogP contribution in [-0.2, 0) is 11.2 Å². The number of benzene rings is 3. The molecule has 4 rings (SSSR count). The third-order valence-electron chi connectivity index (χ3n) is 6.36. The number of halogens is 4. The summed E-state index contributed by atoms with van der Waals surface area (Å²) >= 11 is 7.40. The molecule has 4 aromatic rings. The SMILES string of the molecule is COc1cc(C(C)(C)c2cnc(SCc3c(F)cc(OCCCO)cc3F)n2-c2ccc(F)cc2)ccc1Cl. The van der Waals surface area contributed by atoms with Gasteiger partial charge >= 0.3 is 0 Å². The summed E-state index contributed by atoms with van der Waals surface area (Å²) in [7, 11) is 1.54.